The number of nitrogens with zero attached hydrogens (tertiary/aromatic N) is 2. The van der Waals surface area contributed by atoms with Crippen LogP contribution in [0.3, 0.4) is 0 Å². The summed E-state index contributed by atoms with van der Waals surface area (Å²) in [5.41, 5.74) is -0.482. The normalized spacial score (nSPS) is 14.0. The number of hydrogen-bond donors (Lipinski definition) is 0. The molecule has 10 heteroatoms. The van der Waals surface area contributed by atoms with E-state index < -0.39 is 29.3 Å². The summed E-state index contributed by atoms with van der Waals surface area (Å²) in [6, 6.07) is 7.96. The summed E-state index contributed by atoms with van der Waals surface area (Å²) in [5, 5.41) is 0.0479. The molecule has 1 aliphatic heterocycles. The van der Waals surface area contributed by atoms with Gasteiger partial charge in [0.2, 0.25) is 0 Å². The van der Waals surface area contributed by atoms with E-state index in [0.29, 0.717) is 18.2 Å². The van der Waals surface area contributed by atoms with Crippen LogP contribution in [0.5, 0.6) is 5.19 Å². The monoisotopic (exact) mass is 440 g/mol. The molecule has 1 aliphatic rings. The van der Waals surface area contributed by atoms with Gasteiger partial charge < -0.3 is 9.64 Å². The number of alkyl halides is 3. The fourth-order valence-electron chi connectivity index (χ4n) is 3.16. The number of ether oxygens (including phenoxy) is 1. The van der Waals surface area contributed by atoms with E-state index in [2.05, 4.69) is 4.98 Å². The Balaban J connectivity index is 1.54. The van der Waals surface area contributed by atoms with Gasteiger partial charge in [0.25, 0.3) is 11.1 Å². The van der Waals surface area contributed by atoms with Crippen molar-refractivity contribution < 1.29 is 31.5 Å². The van der Waals surface area contributed by atoms with Crippen LogP contribution >= 0.6 is 11.3 Å². The number of rotatable bonds is 4. The summed E-state index contributed by atoms with van der Waals surface area (Å²) >= 11 is 0.881. The molecule has 0 fully saturated rings. The Labute approximate surface area is 171 Å². The molecule has 1 aromatic heterocycles. The molecule has 0 aliphatic carbocycles. The van der Waals surface area contributed by atoms with Crippen molar-refractivity contribution >= 4 is 22.9 Å². The number of thiazole rings is 1. The maximum atomic E-state index is 14.1. The van der Waals surface area contributed by atoms with Gasteiger partial charge in [-0.15, -0.1) is 0 Å². The highest BCUT2D eigenvalue weighted by Gasteiger charge is 2.34. The number of carbonyl (C=O) groups is 1. The lowest BCUT2D eigenvalue weighted by atomic mass is 10.1. The number of halogens is 5. The minimum absolute atomic E-state index is 0.0479. The van der Waals surface area contributed by atoms with Crippen LogP contribution < -0.4 is 9.64 Å². The molecule has 0 atom stereocenters. The van der Waals surface area contributed by atoms with Gasteiger partial charge in [-0.3, -0.25) is 4.79 Å². The first-order valence-corrected chi connectivity index (χ1v) is 9.60. The largest absolute Gasteiger partial charge is 0.465 e. The number of carbonyl (C=O) groups excluding carboxylic acids is 1. The second-order valence-electron chi connectivity index (χ2n) is 6.50. The van der Waals surface area contributed by atoms with Gasteiger partial charge in [-0.2, -0.15) is 13.2 Å². The highest BCUT2D eigenvalue weighted by Crippen LogP contribution is 2.35. The lowest BCUT2D eigenvalue weighted by Gasteiger charge is -2.26. The van der Waals surface area contributed by atoms with E-state index in [4.69, 9.17) is 4.74 Å². The molecule has 1 amide bonds. The van der Waals surface area contributed by atoms with Gasteiger partial charge in [0, 0.05) is 24.6 Å². The molecule has 2 heterocycles. The van der Waals surface area contributed by atoms with Crippen LogP contribution in [-0.2, 0) is 19.2 Å². The maximum absolute atomic E-state index is 14.1. The highest BCUT2D eigenvalue weighted by molar-refractivity contribution is 7.15. The molecule has 4 rings (SSSR count). The van der Waals surface area contributed by atoms with Crippen LogP contribution in [0.15, 0.2) is 42.5 Å². The van der Waals surface area contributed by atoms with E-state index in [0.717, 1.165) is 23.5 Å². The molecule has 0 saturated heterocycles. The molecule has 0 saturated carbocycles. The van der Waals surface area contributed by atoms with Crippen molar-refractivity contribution in [3.63, 3.8) is 0 Å². The first-order valence-electron chi connectivity index (χ1n) is 8.78. The van der Waals surface area contributed by atoms with Crippen molar-refractivity contribution in [3.8, 4) is 5.19 Å². The predicted octanol–water partition coefficient (Wildman–Crippen LogP) is 5.22. The molecule has 3 aromatic rings. The molecule has 0 spiro atoms. The Morgan fingerprint density at radius 2 is 1.90 bits per heavy atom. The Hall–Kier alpha value is -3.01. The third-order valence-electron chi connectivity index (χ3n) is 4.56. The van der Waals surface area contributed by atoms with Crippen LogP contribution in [0.1, 0.15) is 26.5 Å². The summed E-state index contributed by atoms with van der Waals surface area (Å²) in [6.45, 7) is -0.235. The van der Waals surface area contributed by atoms with Gasteiger partial charge in [-0.25, -0.2) is 13.8 Å². The van der Waals surface area contributed by atoms with Crippen molar-refractivity contribution in [2.45, 2.75) is 19.2 Å². The lowest BCUT2D eigenvalue weighted by molar-refractivity contribution is -0.138. The molecule has 156 valence electrons. The van der Waals surface area contributed by atoms with E-state index in [1.54, 1.807) is 0 Å². The zero-order valence-electron chi connectivity index (χ0n) is 15.2. The number of aromatic nitrogens is 1. The van der Waals surface area contributed by atoms with E-state index in [1.807, 2.05) is 0 Å². The SMILES string of the molecule is O=C1c2sc(OCc3ccccc3C(F)(F)F)nc2CCN1c1ccc(F)cc1F. The summed E-state index contributed by atoms with van der Waals surface area (Å²) in [6.07, 6.45) is -4.21. The number of anilines is 1. The van der Waals surface area contributed by atoms with Crippen molar-refractivity contribution in [2.75, 3.05) is 11.4 Å². The summed E-state index contributed by atoms with van der Waals surface area (Å²) in [4.78, 5) is 18.3. The average Bonchev–Trinajstić information content (AvgIpc) is 3.11. The first-order chi connectivity index (χ1) is 14.2. The standard InChI is InChI=1S/C20H13F5N2O2S/c21-12-5-6-16(14(22)9-12)27-8-7-15-17(18(27)28)30-19(26-15)29-10-11-3-1-2-4-13(11)20(23,24)25/h1-6,9H,7-8,10H2. The number of hydrogen-bond acceptors (Lipinski definition) is 4. The van der Waals surface area contributed by atoms with Gasteiger partial charge >= 0.3 is 6.18 Å². The molecule has 30 heavy (non-hydrogen) atoms. The van der Waals surface area contributed by atoms with Crippen molar-refractivity contribution in [3.05, 3.63) is 75.8 Å². The third-order valence-corrected chi connectivity index (χ3v) is 5.56. The molecule has 0 bridgehead atoms. The molecule has 0 N–H and O–H groups in total. The van der Waals surface area contributed by atoms with Crippen molar-refractivity contribution in [1.29, 1.82) is 0 Å². The third kappa shape index (κ3) is 3.87. The van der Waals surface area contributed by atoms with Gasteiger partial charge in [-0.05, 0) is 18.2 Å². The summed E-state index contributed by atoms with van der Waals surface area (Å²) in [5.74, 6) is -2.14. The van der Waals surface area contributed by atoms with Crippen LogP contribution in [0, 0.1) is 11.6 Å². The zero-order valence-corrected chi connectivity index (χ0v) is 16.0. The average molecular weight is 440 g/mol. The minimum Gasteiger partial charge on any atom is -0.465 e. The Bertz CT molecular complexity index is 1110. The topological polar surface area (TPSA) is 42.4 Å². The highest BCUT2D eigenvalue weighted by atomic mass is 32.1. The van der Waals surface area contributed by atoms with E-state index in [-0.39, 0.29) is 34.5 Å². The Kier molecular flexibility index (Phi) is 5.19. The van der Waals surface area contributed by atoms with Crippen LogP contribution in [0.2, 0.25) is 0 Å². The second kappa shape index (κ2) is 7.67. The second-order valence-corrected chi connectivity index (χ2v) is 7.46. The smallest absolute Gasteiger partial charge is 0.416 e. The molecule has 0 unspecified atom stereocenters. The fraction of sp³-hybridized carbons (Fsp3) is 0.200. The predicted molar refractivity (Wildman–Crippen MR) is 99.6 cm³/mol. The quantitative estimate of drug-likeness (QED) is 0.523. The van der Waals surface area contributed by atoms with Gasteiger partial charge in [0.05, 0.1) is 16.9 Å². The molecular weight excluding hydrogens is 427 g/mol. The fourth-order valence-corrected chi connectivity index (χ4v) is 4.07. The maximum Gasteiger partial charge on any atom is 0.416 e. The Morgan fingerprint density at radius 3 is 2.63 bits per heavy atom. The van der Waals surface area contributed by atoms with Gasteiger partial charge in [-0.1, -0.05) is 29.5 Å². The number of amides is 1. The number of fused-ring (bicyclic) bond motifs is 1. The Morgan fingerprint density at radius 1 is 1.13 bits per heavy atom. The summed E-state index contributed by atoms with van der Waals surface area (Å²) in [7, 11) is 0. The van der Waals surface area contributed by atoms with Gasteiger partial charge in [0.1, 0.15) is 23.1 Å². The molecular formula is C20H13F5N2O2S. The number of benzene rings is 2. The molecule has 0 radical (unpaired) electrons. The van der Waals surface area contributed by atoms with E-state index in [9.17, 15) is 26.7 Å². The van der Waals surface area contributed by atoms with Gasteiger partial charge in [0.15, 0.2) is 0 Å². The van der Waals surface area contributed by atoms with Crippen LogP contribution in [-0.4, -0.2) is 17.4 Å². The van der Waals surface area contributed by atoms with Crippen LogP contribution in [0.25, 0.3) is 0 Å². The van der Waals surface area contributed by atoms with Crippen LogP contribution in [0.4, 0.5) is 27.6 Å². The lowest BCUT2D eigenvalue weighted by Crippen LogP contribution is -2.37. The van der Waals surface area contributed by atoms with E-state index in [1.165, 1.54) is 29.2 Å². The zero-order chi connectivity index (χ0) is 21.5. The van der Waals surface area contributed by atoms with Crippen molar-refractivity contribution in [1.82, 2.24) is 4.98 Å². The van der Waals surface area contributed by atoms with Crippen molar-refractivity contribution in [2.24, 2.45) is 0 Å². The molecule has 4 nitrogen and oxygen atoms in total. The summed E-state index contributed by atoms with van der Waals surface area (Å²) < 4.78 is 71.9. The minimum atomic E-state index is -4.52. The van der Waals surface area contributed by atoms with E-state index >= 15 is 0 Å². The molecule has 2 aromatic carbocycles. The first kappa shape index (κ1) is 20.3.